The van der Waals surface area contributed by atoms with E-state index >= 15 is 0 Å². The van der Waals surface area contributed by atoms with Crippen LogP contribution in [0.2, 0.25) is 0 Å². The summed E-state index contributed by atoms with van der Waals surface area (Å²) >= 11 is 0. The third-order valence-corrected chi connectivity index (χ3v) is 5.46. The van der Waals surface area contributed by atoms with Gasteiger partial charge in [0, 0.05) is 30.6 Å². The van der Waals surface area contributed by atoms with Crippen LogP contribution in [0.4, 0.5) is 0 Å². The van der Waals surface area contributed by atoms with Gasteiger partial charge >= 0.3 is 0 Å². The van der Waals surface area contributed by atoms with Crippen molar-refractivity contribution < 1.29 is 14.4 Å². The van der Waals surface area contributed by atoms with E-state index in [1.54, 1.807) is 0 Å². The molecule has 2 aliphatic rings. The van der Waals surface area contributed by atoms with Crippen molar-refractivity contribution in [3.8, 4) is 0 Å². The summed E-state index contributed by atoms with van der Waals surface area (Å²) in [6.07, 6.45) is 2.90. The predicted octanol–water partition coefficient (Wildman–Crippen LogP) is 2.04. The summed E-state index contributed by atoms with van der Waals surface area (Å²) in [6, 6.07) is 0. The van der Waals surface area contributed by atoms with Crippen molar-refractivity contribution in [1.29, 1.82) is 0 Å². The normalized spacial score (nSPS) is 28.8. The van der Waals surface area contributed by atoms with Crippen LogP contribution in [0.25, 0.3) is 0 Å². The van der Waals surface area contributed by atoms with Gasteiger partial charge in [0.05, 0.1) is 17.9 Å². The molecule has 3 rings (SSSR count). The largest absolute Gasteiger partial charge is 0.392 e. The average Bonchev–Trinajstić information content (AvgIpc) is 2.80. The molecule has 2 fully saturated rings. The highest BCUT2D eigenvalue weighted by molar-refractivity contribution is 5.20. The predicted molar refractivity (Wildman–Crippen MR) is 79.0 cm³/mol. The van der Waals surface area contributed by atoms with Gasteiger partial charge in [0.1, 0.15) is 5.76 Å². The Morgan fingerprint density at radius 1 is 1.38 bits per heavy atom. The fourth-order valence-electron chi connectivity index (χ4n) is 3.90. The molecule has 118 valence electrons. The Balaban J connectivity index is 1.60. The van der Waals surface area contributed by atoms with Crippen molar-refractivity contribution in [3.63, 3.8) is 0 Å². The minimum Gasteiger partial charge on any atom is -0.392 e. The monoisotopic (exact) mass is 294 g/mol. The molecule has 2 heterocycles. The van der Waals surface area contributed by atoms with Gasteiger partial charge in [-0.15, -0.1) is 0 Å². The van der Waals surface area contributed by atoms with Gasteiger partial charge in [-0.05, 0) is 46.7 Å². The smallest absolute Gasteiger partial charge is 0.138 e. The molecule has 1 aromatic rings. The molecule has 2 unspecified atom stereocenters. The number of rotatable bonds is 4. The van der Waals surface area contributed by atoms with Gasteiger partial charge in [-0.25, -0.2) is 0 Å². The van der Waals surface area contributed by atoms with E-state index in [1.807, 2.05) is 20.8 Å². The van der Waals surface area contributed by atoms with Crippen LogP contribution in [0.5, 0.6) is 0 Å². The third-order valence-electron chi connectivity index (χ3n) is 5.46. The molecule has 0 aromatic carbocycles. The minimum absolute atomic E-state index is 0.00520. The second-order valence-electron chi connectivity index (χ2n) is 6.51. The highest BCUT2D eigenvalue weighted by Crippen LogP contribution is 2.51. The van der Waals surface area contributed by atoms with Gasteiger partial charge in [-0.3, -0.25) is 4.90 Å². The number of piperidine rings is 1. The summed E-state index contributed by atoms with van der Waals surface area (Å²) in [5.41, 5.74) is 2.20. The zero-order valence-electron chi connectivity index (χ0n) is 13.3. The van der Waals surface area contributed by atoms with Crippen molar-refractivity contribution in [2.45, 2.75) is 58.8 Å². The molecule has 1 aromatic heterocycles. The van der Waals surface area contributed by atoms with E-state index < -0.39 is 0 Å². The maximum Gasteiger partial charge on any atom is 0.138 e. The Hall–Kier alpha value is -0.910. The average molecular weight is 294 g/mol. The topological polar surface area (TPSA) is 58.7 Å². The van der Waals surface area contributed by atoms with E-state index in [-0.39, 0.29) is 17.6 Å². The molecule has 1 saturated carbocycles. The number of ether oxygens (including phenoxy) is 1. The maximum absolute atomic E-state index is 10.2. The van der Waals surface area contributed by atoms with Gasteiger partial charge in [-0.1, -0.05) is 5.16 Å². The number of aryl methyl sites for hydroxylation is 2. The molecule has 0 amide bonds. The van der Waals surface area contributed by atoms with E-state index in [2.05, 4.69) is 10.1 Å². The third kappa shape index (κ3) is 2.51. The summed E-state index contributed by atoms with van der Waals surface area (Å²) < 4.78 is 11.1. The zero-order chi connectivity index (χ0) is 15.0. The number of aliphatic hydroxyl groups is 1. The first-order chi connectivity index (χ1) is 10.1. The van der Waals surface area contributed by atoms with E-state index in [0.29, 0.717) is 0 Å². The lowest BCUT2D eigenvalue weighted by molar-refractivity contribution is -0.209. The first-order valence-electron chi connectivity index (χ1n) is 8.00. The van der Waals surface area contributed by atoms with E-state index in [4.69, 9.17) is 9.26 Å². The van der Waals surface area contributed by atoms with Crippen molar-refractivity contribution in [3.05, 3.63) is 17.0 Å². The van der Waals surface area contributed by atoms with Crippen LogP contribution in [0, 0.1) is 19.3 Å². The number of nitrogens with zero attached hydrogens (tertiary/aromatic N) is 2. The van der Waals surface area contributed by atoms with Crippen LogP contribution in [0.1, 0.15) is 43.2 Å². The fraction of sp³-hybridized carbons (Fsp3) is 0.812. The molecule has 2 atom stereocenters. The summed E-state index contributed by atoms with van der Waals surface area (Å²) in [5.74, 6) is 0.920. The molecule has 21 heavy (non-hydrogen) atoms. The Morgan fingerprint density at radius 2 is 2.10 bits per heavy atom. The van der Waals surface area contributed by atoms with Crippen molar-refractivity contribution >= 4 is 0 Å². The molecule has 5 nitrogen and oxygen atoms in total. The summed E-state index contributed by atoms with van der Waals surface area (Å²) in [5, 5.41) is 14.3. The Morgan fingerprint density at radius 3 is 2.62 bits per heavy atom. The molecule has 1 aliphatic carbocycles. The van der Waals surface area contributed by atoms with Crippen molar-refractivity contribution in [1.82, 2.24) is 10.1 Å². The number of aliphatic hydroxyl groups excluding tert-OH is 1. The quantitative estimate of drug-likeness (QED) is 0.921. The van der Waals surface area contributed by atoms with Gasteiger partial charge in [0.25, 0.3) is 0 Å². The first-order valence-corrected chi connectivity index (χ1v) is 8.00. The highest BCUT2D eigenvalue weighted by atomic mass is 16.5. The van der Waals surface area contributed by atoms with Gasteiger partial charge < -0.3 is 14.4 Å². The summed E-state index contributed by atoms with van der Waals surface area (Å²) in [7, 11) is 0. The first kappa shape index (κ1) is 15.0. The van der Waals surface area contributed by atoms with Crippen LogP contribution in [-0.2, 0) is 11.3 Å². The zero-order valence-corrected chi connectivity index (χ0v) is 13.3. The van der Waals surface area contributed by atoms with Gasteiger partial charge in [0.2, 0.25) is 0 Å². The number of hydrogen-bond acceptors (Lipinski definition) is 5. The van der Waals surface area contributed by atoms with Crippen molar-refractivity contribution in [2.24, 2.45) is 5.41 Å². The van der Waals surface area contributed by atoms with E-state index in [0.717, 1.165) is 57.0 Å². The van der Waals surface area contributed by atoms with E-state index in [1.165, 1.54) is 5.56 Å². The summed E-state index contributed by atoms with van der Waals surface area (Å²) in [4.78, 5) is 2.44. The van der Waals surface area contributed by atoms with E-state index in [9.17, 15) is 5.11 Å². The molecular formula is C16H26N2O3. The van der Waals surface area contributed by atoms with Gasteiger partial charge in [-0.2, -0.15) is 0 Å². The minimum atomic E-state index is -0.185. The molecule has 1 N–H and O–H groups in total. The Labute approximate surface area is 126 Å². The highest BCUT2D eigenvalue weighted by Gasteiger charge is 2.55. The second kappa shape index (κ2) is 5.71. The molecule has 1 saturated heterocycles. The SMILES string of the molecule is CCOC1CC(O)C12CCN(Cc1c(C)noc1C)CC2. The Bertz CT molecular complexity index is 470. The van der Waals surface area contributed by atoms with Crippen LogP contribution in [0.3, 0.4) is 0 Å². The lowest BCUT2D eigenvalue weighted by Gasteiger charge is -2.56. The fourth-order valence-corrected chi connectivity index (χ4v) is 3.90. The van der Waals surface area contributed by atoms with Crippen LogP contribution >= 0.6 is 0 Å². The van der Waals surface area contributed by atoms with Gasteiger partial charge in [0.15, 0.2) is 0 Å². The molecule has 0 radical (unpaired) electrons. The maximum atomic E-state index is 10.2. The standard InChI is InChI=1S/C16H26N2O3/c1-4-20-15-9-14(19)16(15)5-7-18(8-6-16)10-13-11(2)17-21-12(13)3/h14-15,19H,4-10H2,1-3H3. The molecule has 1 aliphatic heterocycles. The molecular weight excluding hydrogens is 268 g/mol. The van der Waals surface area contributed by atoms with Crippen LogP contribution in [0.15, 0.2) is 4.52 Å². The number of aromatic nitrogens is 1. The molecule has 1 spiro atoms. The second-order valence-corrected chi connectivity index (χ2v) is 6.51. The molecule has 5 heteroatoms. The number of hydrogen-bond donors (Lipinski definition) is 1. The van der Waals surface area contributed by atoms with Crippen LogP contribution in [-0.4, -0.2) is 47.1 Å². The van der Waals surface area contributed by atoms with Crippen LogP contribution < -0.4 is 0 Å². The lowest BCUT2D eigenvalue weighted by Crippen LogP contribution is -2.62. The van der Waals surface area contributed by atoms with Crippen molar-refractivity contribution in [2.75, 3.05) is 19.7 Å². The number of likely N-dealkylation sites (tertiary alicyclic amines) is 1. The molecule has 0 bridgehead atoms. The lowest BCUT2D eigenvalue weighted by atomic mass is 9.58. The Kier molecular flexibility index (Phi) is 4.08. The summed E-state index contributed by atoms with van der Waals surface area (Å²) in [6.45, 7) is 9.65.